The van der Waals surface area contributed by atoms with E-state index in [0.29, 0.717) is 12.2 Å². The average Bonchev–Trinajstić information content (AvgIpc) is 2.95. The lowest BCUT2D eigenvalue weighted by molar-refractivity contribution is 0.0940. The van der Waals surface area contributed by atoms with E-state index in [4.69, 9.17) is 0 Å². The van der Waals surface area contributed by atoms with Crippen LogP contribution >= 0.6 is 0 Å². The van der Waals surface area contributed by atoms with E-state index in [-0.39, 0.29) is 11.3 Å². The van der Waals surface area contributed by atoms with E-state index in [1.54, 1.807) is 0 Å². The fraction of sp³-hybridized carbons (Fsp3) is 0.588. The van der Waals surface area contributed by atoms with Gasteiger partial charge in [0, 0.05) is 24.5 Å². The molecule has 0 radical (unpaired) electrons. The number of nitrogens with one attached hydrogen (secondary N) is 2. The Morgan fingerprint density at radius 3 is 2.74 bits per heavy atom. The number of hydrogen-bond donors (Lipinski definition) is 2. The van der Waals surface area contributed by atoms with Gasteiger partial charge in [-0.05, 0) is 32.1 Å². The van der Waals surface area contributed by atoms with Gasteiger partial charge in [0.05, 0.1) is 11.3 Å². The number of aryl methyl sites for hydroxylation is 2. The van der Waals surface area contributed by atoms with Crippen molar-refractivity contribution in [2.45, 2.75) is 54.0 Å². The molecule has 2 aromatic heterocycles. The minimum absolute atomic E-state index is 0.0151. The van der Waals surface area contributed by atoms with Crippen molar-refractivity contribution in [1.29, 1.82) is 0 Å². The van der Waals surface area contributed by atoms with Crippen LogP contribution < -0.4 is 5.32 Å². The minimum atomic E-state index is -0.0932. The van der Waals surface area contributed by atoms with Gasteiger partial charge < -0.3 is 10.3 Å². The Labute approximate surface area is 136 Å². The second-order valence-corrected chi connectivity index (χ2v) is 7.21. The van der Waals surface area contributed by atoms with Gasteiger partial charge in [-0.3, -0.25) is 9.48 Å². The zero-order chi connectivity index (χ0) is 16.8. The van der Waals surface area contributed by atoms with E-state index < -0.39 is 0 Å². The van der Waals surface area contributed by atoms with Crippen molar-refractivity contribution < 1.29 is 4.79 Å². The highest BCUT2D eigenvalue weighted by atomic mass is 16.1. The molecule has 0 aliphatic carbocycles. The Kier molecular flexibility index (Phi) is 3.78. The lowest BCUT2D eigenvalue weighted by atomic mass is 9.88. The highest BCUT2D eigenvalue weighted by molar-refractivity contribution is 5.94. The third kappa shape index (κ3) is 2.78. The third-order valence-electron chi connectivity index (χ3n) is 4.43. The molecule has 0 aromatic carbocycles. The molecule has 124 valence electrons. The van der Waals surface area contributed by atoms with Gasteiger partial charge in [0.25, 0.3) is 5.91 Å². The molecule has 2 aromatic rings. The summed E-state index contributed by atoms with van der Waals surface area (Å²) in [6, 6.07) is 0. The van der Waals surface area contributed by atoms with E-state index in [0.717, 1.165) is 47.9 Å². The van der Waals surface area contributed by atoms with E-state index >= 15 is 0 Å². The van der Waals surface area contributed by atoms with E-state index in [9.17, 15) is 4.79 Å². The van der Waals surface area contributed by atoms with Crippen LogP contribution in [0.2, 0.25) is 0 Å². The van der Waals surface area contributed by atoms with Crippen molar-refractivity contribution >= 4 is 5.91 Å². The standard InChI is InChI=1S/C17H25N5O/c1-6-7-22-11(3)13(10(2)21-22)15-19-12-8-17(4,5)9-18-16(23)14(12)20-15/h6-9H2,1-5H3,(H,18,23)(H,19,20). The van der Waals surface area contributed by atoms with Gasteiger partial charge in [-0.25, -0.2) is 4.98 Å². The van der Waals surface area contributed by atoms with E-state index in [1.807, 2.05) is 11.6 Å². The summed E-state index contributed by atoms with van der Waals surface area (Å²) in [6.07, 6.45) is 1.84. The summed E-state index contributed by atoms with van der Waals surface area (Å²) in [7, 11) is 0. The van der Waals surface area contributed by atoms with Crippen molar-refractivity contribution in [3.05, 3.63) is 22.8 Å². The zero-order valence-electron chi connectivity index (χ0n) is 14.6. The normalized spacial score (nSPS) is 16.8. The van der Waals surface area contributed by atoms with Gasteiger partial charge in [0.1, 0.15) is 11.5 Å². The summed E-state index contributed by atoms with van der Waals surface area (Å²) in [5.74, 6) is 0.657. The number of aromatic amines is 1. The molecule has 0 saturated carbocycles. The summed E-state index contributed by atoms with van der Waals surface area (Å²) in [4.78, 5) is 20.3. The van der Waals surface area contributed by atoms with Gasteiger partial charge in [-0.2, -0.15) is 5.10 Å². The predicted octanol–water partition coefficient (Wildman–Crippen LogP) is 2.61. The molecule has 0 atom stereocenters. The van der Waals surface area contributed by atoms with Crippen LogP contribution in [-0.4, -0.2) is 32.2 Å². The Hall–Kier alpha value is -2.11. The molecule has 1 aliphatic rings. The van der Waals surface area contributed by atoms with Crippen molar-refractivity contribution in [1.82, 2.24) is 25.1 Å². The lowest BCUT2D eigenvalue weighted by Gasteiger charge is -2.21. The lowest BCUT2D eigenvalue weighted by Crippen LogP contribution is -2.32. The van der Waals surface area contributed by atoms with Crippen LogP contribution in [0.5, 0.6) is 0 Å². The van der Waals surface area contributed by atoms with Crippen molar-refractivity contribution in [2.24, 2.45) is 5.41 Å². The largest absolute Gasteiger partial charge is 0.350 e. The van der Waals surface area contributed by atoms with E-state index in [1.165, 1.54) is 0 Å². The van der Waals surface area contributed by atoms with Gasteiger partial charge in [-0.1, -0.05) is 20.8 Å². The first-order valence-electron chi connectivity index (χ1n) is 8.24. The molecule has 2 N–H and O–H groups in total. The quantitative estimate of drug-likeness (QED) is 0.914. The number of fused-ring (bicyclic) bond motifs is 1. The van der Waals surface area contributed by atoms with Gasteiger partial charge >= 0.3 is 0 Å². The predicted molar refractivity (Wildman–Crippen MR) is 89.4 cm³/mol. The maximum absolute atomic E-state index is 12.3. The summed E-state index contributed by atoms with van der Waals surface area (Å²) in [5.41, 5.74) is 4.50. The number of H-pyrrole nitrogens is 1. The molecule has 6 heteroatoms. The van der Waals surface area contributed by atoms with E-state index in [2.05, 4.69) is 48.1 Å². The molecule has 3 heterocycles. The van der Waals surface area contributed by atoms with Gasteiger partial charge in [-0.15, -0.1) is 0 Å². The van der Waals surface area contributed by atoms with Gasteiger partial charge in [0.2, 0.25) is 0 Å². The molecule has 1 aliphatic heterocycles. The van der Waals surface area contributed by atoms with Crippen LogP contribution in [0.15, 0.2) is 0 Å². The number of aromatic nitrogens is 4. The maximum Gasteiger partial charge on any atom is 0.271 e. The molecular formula is C17H25N5O. The summed E-state index contributed by atoms with van der Waals surface area (Å²) >= 11 is 0. The average molecular weight is 315 g/mol. The molecule has 0 fully saturated rings. The first kappa shape index (κ1) is 15.8. The SMILES string of the molecule is CCCn1nc(C)c(-c2nc3c([nH]2)CC(C)(C)CNC3=O)c1C. The number of carbonyl (C=O) groups is 1. The fourth-order valence-electron chi connectivity index (χ4n) is 3.26. The highest BCUT2D eigenvalue weighted by Gasteiger charge is 2.30. The Bertz CT molecular complexity index is 753. The number of amides is 1. The first-order chi connectivity index (χ1) is 10.8. The summed E-state index contributed by atoms with van der Waals surface area (Å²) in [6.45, 7) is 12.0. The molecule has 3 rings (SSSR count). The topological polar surface area (TPSA) is 75.6 Å². The maximum atomic E-state index is 12.3. The number of nitrogens with zero attached hydrogens (tertiary/aromatic N) is 3. The van der Waals surface area contributed by atoms with Crippen molar-refractivity contribution in [2.75, 3.05) is 6.54 Å². The number of imidazole rings is 1. The number of hydrogen-bond acceptors (Lipinski definition) is 3. The van der Waals surface area contributed by atoms with Crippen LogP contribution in [0.1, 0.15) is 54.8 Å². The van der Waals surface area contributed by atoms with Gasteiger partial charge in [0.15, 0.2) is 0 Å². The molecule has 6 nitrogen and oxygen atoms in total. The van der Waals surface area contributed by atoms with Crippen LogP contribution in [0.3, 0.4) is 0 Å². The second-order valence-electron chi connectivity index (χ2n) is 7.21. The fourth-order valence-corrected chi connectivity index (χ4v) is 3.26. The van der Waals surface area contributed by atoms with Crippen molar-refractivity contribution in [3.8, 4) is 11.4 Å². The molecule has 0 unspecified atom stereocenters. The van der Waals surface area contributed by atoms with Crippen LogP contribution in [-0.2, 0) is 13.0 Å². The smallest absolute Gasteiger partial charge is 0.271 e. The zero-order valence-corrected chi connectivity index (χ0v) is 14.6. The monoisotopic (exact) mass is 315 g/mol. The molecule has 0 spiro atoms. The van der Waals surface area contributed by atoms with Crippen LogP contribution in [0.4, 0.5) is 0 Å². The molecular weight excluding hydrogens is 290 g/mol. The van der Waals surface area contributed by atoms with Crippen LogP contribution in [0, 0.1) is 19.3 Å². The summed E-state index contributed by atoms with van der Waals surface area (Å²) < 4.78 is 2.02. The Morgan fingerprint density at radius 1 is 1.30 bits per heavy atom. The number of carbonyl (C=O) groups excluding carboxylic acids is 1. The molecule has 23 heavy (non-hydrogen) atoms. The van der Waals surface area contributed by atoms with Crippen molar-refractivity contribution in [3.63, 3.8) is 0 Å². The third-order valence-corrected chi connectivity index (χ3v) is 4.43. The Morgan fingerprint density at radius 2 is 2.04 bits per heavy atom. The minimum Gasteiger partial charge on any atom is -0.350 e. The highest BCUT2D eigenvalue weighted by Crippen LogP contribution is 2.30. The first-order valence-corrected chi connectivity index (χ1v) is 8.24. The molecule has 1 amide bonds. The molecule has 0 saturated heterocycles. The second kappa shape index (κ2) is 5.51. The summed E-state index contributed by atoms with van der Waals surface area (Å²) in [5, 5.41) is 7.57. The molecule has 0 bridgehead atoms. The Balaban J connectivity index is 2.07. The number of rotatable bonds is 3. The van der Waals surface area contributed by atoms with Crippen LogP contribution in [0.25, 0.3) is 11.4 Å².